The Morgan fingerprint density at radius 1 is 0.846 bits per heavy atom. The summed E-state index contributed by atoms with van der Waals surface area (Å²) >= 11 is 0. The number of aliphatic imine (C=N–C) groups is 2. The lowest BCUT2D eigenvalue weighted by Gasteiger charge is -2.35. The average molecular weight is 743 g/mol. The molecule has 6 unspecified atom stereocenters. The van der Waals surface area contributed by atoms with Crippen LogP contribution in [0.2, 0.25) is 0 Å². The van der Waals surface area contributed by atoms with Crippen molar-refractivity contribution >= 4 is 47.4 Å². The molecule has 0 radical (unpaired) electrons. The molecule has 13 N–H and O–H groups in total. The predicted molar refractivity (Wildman–Crippen MR) is 193 cm³/mol. The molecule has 0 aliphatic carbocycles. The number of nitrogens with one attached hydrogen (secondary N) is 4. The highest BCUT2D eigenvalue weighted by Crippen LogP contribution is 2.15. The summed E-state index contributed by atoms with van der Waals surface area (Å²) in [6.07, 6.45) is -1.50. The number of guanidine groups is 2. The molecule has 6 atom stereocenters. The minimum atomic E-state index is -1.66. The van der Waals surface area contributed by atoms with E-state index < -0.39 is 84.2 Å². The van der Waals surface area contributed by atoms with Gasteiger partial charge in [0, 0.05) is 46.4 Å². The van der Waals surface area contributed by atoms with Gasteiger partial charge in [-0.1, -0.05) is 27.7 Å². The van der Waals surface area contributed by atoms with E-state index >= 15 is 0 Å². The fourth-order valence-corrected chi connectivity index (χ4v) is 5.21. The van der Waals surface area contributed by atoms with Crippen LogP contribution >= 0.6 is 0 Å². The van der Waals surface area contributed by atoms with Gasteiger partial charge >= 0.3 is 0 Å². The Balaban J connectivity index is 6.30. The maximum atomic E-state index is 13.8. The smallest absolute Gasteiger partial charge is 0.279 e. The van der Waals surface area contributed by atoms with Crippen molar-refractivity contribution < 1.29 is 43.5 Å². The fraction of sp³-hybridized carbons (Fsp3) is 0.750. The molecule has 20 nitrogen and oxygen atoms in total. The Hall–Kier alpha value is -4.72. The molecule has 0 fully saturated rings. The first-order valence-corrected chi connectivity index (χ1v) is 17.1. The quantitative estimate of drug-likeness (QED) is 0.0206. The first-order valence-electron chi connectivity index (χ1n) is 17.1. The van der Waals surface area contributed by atoms with Gasteiger partial charge in [0.05, 0.1) is 39.3 Å². The van der Waals surface area contributed by atoms with Gasteiger partial charge in [-0.3, -0.25) is 34.0 Å². The van der Waals surface area contributed by atoms with E-state index in [1.165, 1.54) is 7.05 Å². The van der Waals surface area contributed by atoms with Gasteiger partial charge in [-0.25, -0.2) is 0 Å². The number of likely N-dealkylation sites (N-methyl/N-ethyl adjacent to an activating group) is 2. The molecule has 0 aromatic rings. The summed E-state index contributed by atoms with van der Waals surface area (Å²) in [4.78, 5) is 86.4. The molecule has 0 aliphatic rings. The van der Waals surface area contributed by atoms with E-state index in [0.717, 1.165) is 11.9 Å². The van der Waals surface area contributed by atoms with E-state index in [1.54, 1.807) is 27.7 Å². The minimum absolute atomic E-state index is 0.000334. The topological polar surface area (TPSA) is 326 Å². The molecule has 0 aliphatic heterocycles. The number of carbonyl (C=O) groups is 6. The molecule has 20 heteroatoms. The number of aliphatic hydroxyl groups is 1. The van der Waals surface area contributed by atoms with Gasteiger partial charge in [0.25, 0.3) is 5.91 Å². The Bertz CT molecular complexity index is 1280. The van der Waals surface area contributed by atoms with E-state index in [9.17, 15) is 39.0 Å². The minimum Gasteiger partial charge on any atom is -0.548 e. The second kappa shape index (κ2) is 22.3. The maximum Gasteiger partial charge on any atom is 0.279 e. The third-order valence-electron chi connectivity index (χ3n) is 8.29. The number of carbonyl (C=O) groups excluding carboxylic acids is 6. The van der Waals surface area contributed by atoms with Crippen molar-refractivity contribution in [1.82, 2.24) is 26.2 Å². The number of hydrogen-bond acceptors (Lipinski definition) is 10. The van der Waals surface area contributed by atoms with Gasteiger partial charge in [-0.05, 0) is 24.7 Å². The van der Waals surface area contributed by atoms with Crippen LogP contribution in [0.5, 0.6) is 0 Å². The first-order chi connectivity index (χ1) is 23.9. The van der Waals surface area contributed by atoms with Crippen LogP contribution in [0.15, 0.2) is 9.98 Å². The Kier molecular flexibility index (Phi) is 20.2. The number of quaternary nitrogens is 1. The third-order valence-corrected chi connectivity index (χ3v) is 8.29. The Morgan fingerprint density at radius 2 is 1.37 bits per heavy atom. The van der Waals surface area contributed by atoms with Gasteiger partial charge in [-0.2, -0.15) is 0 Å². The van der Waals surface area contributed by atoms with Crippen molar-refractivity contribution in [3.8, 4) is 0 Å². The van der Waals surface area contributed by atoms with Crippen LogP contribution in [0.25, 0.3) is 0 Å². The molecule has 298 valence electrons. The molecule has 0 saturated carbocycles. The van der Waals surface area contributed by atoms with Gasteiger partial charge < -0.3 is 68.6 Å². The number of rotatable bonds is 23. The molecular formula is C32H62N12O8. The molecule has 0 saturated heterocycles. The molecule has 0 heterocycles. The van der Waals surface area contributed by atoms with Crippen LogP contribution in [0.1, 0.15) is 59.8 Å². The molecule has 52 heavy (non-hydrogen) atoms. The summed E-state index contributed by atoms with van der Waals surface area (Å²) in [7, 11) is 8.09. The van der Waals surface area contributed by atoms with Crippen LogP contribution in [0, 0.1) is 11.8 Å². The summed E-state index contributed by atoms with van der Waals surface area (Å²) in [6, 6.07) is -5.94. The SMILES string of the molecule is CN=C(N)NCC(O)CC(NC(=O)C(NC(=O)C(NC(=O)C(CCCN=C(N)N)[N+](C)(C)C)C(C)C)C(C)C)C(=O)N(C)C(CCC(N)=O)C(=O)[O-]. The number of nitrogens with two attached hydrogens (primary N) is 4. The number of aliphatic hydroxyl groups excluding tert-OH is 1. The highest BCUT2D eigenvalue weighted by molar-refractivity contribution is 5.95. The highest BCUT2D eigenvalue weighted by Gasteiger charge is 2.38. The van der Waals surface area contributed by atoms with Crippen molar-refractivity contribution in [2.45, 2.75) is 96.1 Å². The van der Waals surface area contributed by atoms with Crippen molar-refractivity contribution in [2.24, 2.45) is 44.8 Å². The lowest BCUT2D eigenvalue weighted by atomic mass is 9.98. The van der Waals surface area contributed by atoms with E-state index in [4.69, 9.17) is 22.9 Å². The predicted octanol–water partition coefficient (Wildman–Crippen LogP) is -4.99. The van der Waals surface area contributed by atoms with Crippen molar-refractivity contribution in [3.63, 3.8) is 0 Å². The third kappa shape index (κ3) is 17.0. The Morgan fingerprint density at radius 3 is 1.81 bits per heavy atom. The summed E-state index contributed by atoms with van der Waals surface area (Å²) < 4.78 is 0.252. The molecule has 0 rings (SSSR count). The summed E-state index contributed by atoms with van der Waals surface area (Å²) in [5.41, 5.74) is 21.6. The second-order valence-corrected chi connectivity index (χ2v) is 14.3. The van der Waals surface area contributed by atoms with E-state index in [0.29, 0.717) is 19.4 Å². The van der Waals surface area contributed by atoms with E-state index in [1.807, 2.05) is 21.1 Å². The highest BCUT2D eigenvalue weighted by atomic mass is 16.4. The zero-order chi connectivity index (χ0) is 40.5. The molecule has 0 spiro atoms. The first kappa shape index (κ1) is 47.3. The van der Waals surface area contributed by atoms with E-state index in [-0.39, 0.29) is 41.7 Å². The number of carboxylic acids is 1. The molecule has 0 bridgehead atoms. The number of primary amides is 1. The Labute approximate surface area is 306 Å². The number of nitrogens with zero attached hydrogens (tertiary/aromatic N) is 4. The lowest BCUT2D eigenvalue weighted by molar-refractivity contribution is -0.886. The standard InChI is InChI=1S/C32H62N12O8/c1-17(2)24(42-28(49)25(18(3)4)41-26(47)22(44(7,8)9)11-10-14-38-31(34)35)27(48)40-20(15-19(45)16-39-32(36)37-5)29(50)43(6)21(30(51)52)12-13-23(33)46/h17-22,24-25,45H,10-16H2,1-9H3,(H12-,33,34,35,36,37,38,39,40,41,42,46,47,48,49,51,52). The normalized spacial score (nSPS) is 15.3. The van der Waals surface area contributed by atoms with Gasteiger partial charge in [-0.15, -0.1) is 0 Å². The van der Waals surface area contributed by atoms with Crippen LogP contribution in [-0.2, 0) is 28.8 Å². The van der Waals surface area contributed by atoms with Gasteiger partial charge in [0.2, 0.25) is 23.6 Å². The van der Waals surface area contributed by atoms with Crippen molar-refractivity contribution in [1.29, 1.82) is 0 Å². The van der Waals surface area contributed by atoms with Gasteiger partial charge in [0.15, 0.2) is 18.0 Å². The summed E-state index contributed by atoms with van der Waals surface area (Å²) in [5.74, 6) is -6.23. The van der Waals surface area contributed by atoms with Crippen LogP contribution < -0.4 is 49.3 Å². The maximum absolute atomic E-state index is 13.8. The number of aliphatic carboxylic acids is 1. The van der Waals surface area contributed by atoms with Crippen molar-refractivity contribution in [2.75, 3.05) is 48.3 Å². The average Bonchev–Trinajstić information content (AvgIpc) is 3.02. The lowest BCUT2D eigenvalue weighted by Crippen LogP contribution is -2.62. The zero-order valence-electron chi connectivity index (χ0n) is 32.0. The summed E-state index contributed by atoms with van der Waals surface area (Å²) in [6.45, 7) is 6.91. The van der Waals surface area contributed by atoms with Crippen LogP contribution in [0.4, 0.5) is 0 Å². The second-order valence-electron chi connectivity index (χ2n) is 14.3. The van der Waals surface area contributed by atoms with Crippen LogP contribution in [0.3, 0.4) is 0 Å². The molecular weight excluding hydrogens is 680 g/mol. The monoisotopic (exact) mass is 742 g/mol. The zero-order valence-corrected chi connectivity index (χ0v) is 32.0. The molecule has 5 amide bonds. The number of hydrogen-bond donors (Lipinski definition) is 9. The fourth-order valence-electron chi connectivity index (χ4n) is 5.21. The summed E-state index contributed by atoms with van der Waals surface area (Å²) in [5, 5.41) is 33.3. The van der Waals surface area contributed by atoms with Gasteiger partial charge in [0.1, 0.15) is 18.1 Å². The molecule has 0 aromatic carbocycles. The molecule has 0 aromatic heterocycles. The van der Waals surface area contributed by atoms with Crippen molar-refractivity contribution in [3.05, 3.63) is 0 Å². The number of carboxylic acid groups (broad SMARTS) is 1. The van der Waals surface area contributed by atoms with E-state index in [2.05, 4.69) is 31.3 Å². The van der Waals surface area contributed by atoms with Crippen LogP contribution in [-0.4, -0.2) is 147 Å². The largest absolute Gasteiger partial charge is 0.548 e. The number of amides is 5.